The van der Waals surface area contributed by atoms with Gasteiger partial charge in [-0.15, -0.1) is 0 Å². The summed E-state index contributed by atoms with van der Waals surface area (Å²) in [6.07, 6.45) is 1.48. The van der Waals surface area contributed by atoms with Gasteiger partial charge in [0.15, 0.2) is 0 Å². The Hall–Kier alpha value is -2.74. The van der Waals surface area contributed by atoms with E-state index in [-0.39, 0.29) is 0 Å². The number of anilines is 4. The molecule has 30 heavy (non-hydrogen) atoms. The van der Waals surface area contributed by atoms with Crippen molar-refractivity contribution < 1.29 is 0 Å². The lowest BCUT2D eigenvalue weighted by Crippen LogP contribution is -2.48. The third kappa shape index (κ3) is 3.49. The molecule has 5 rings (SSSR count). The van der Waals surface area contributed by atoms with E-state index < -0.39 is 0 Å². The number of benzene rings is 3. The van der Waals surface area contributed by atoms with E-state index in [0.29, 0.717) is 18.0 Å². The van der Waals surface area contributed by atoms with Crippen LogP contribution in [0, 0.1) is 5.92 Å². The van der Waals surface area contributed by atoms with Crippen LogP contribution in [-0.4, -0.2) is 6.17 Å². The predicted molar refractivity (Wildman–Crippen MR) is 132 cm³/mol. The van der Waals surface area contributed by atoms with Crippen molar-refractivity contribution in [2.24, 2.45) is 5.92 Å². The van der Waals surface area contributed by atoms with E-state index in [2.05, 4.69) is 103 Å². The summed E-state index contributed by atoms with van der Waals surface area (Å²) in [5.41, 5.74) is 6.75. The van der Waals surface area contributed by atoms with Crippen LogP contribution in [0.3, 0.4) is 0 Å². The van der Waals surface area contributed by atoms with Crippen LogP contribution in [0.15, 0.2) is 78.9 Å². The second kappa shape index (κ2) is 9.84. The van der Waals surface area contributed by atoms with Crippen LogP contribution in [0.1, 0.15) is 59.4 Å². The molecule has 0 radical (unpaired) electrons. The molecule has 2 heterocycles. The van der Waals surface area contributed by atoms with Crippen molar-refractivity contribution in [3.05, 3.63) is 84.4 Å². The third-order valence-electron chi connectivity index (χ3n) is 6.10. The molecule has 158 valence electrons. The zero-order chi connectivity index (χ0) is 21.7. The first-order valence-corrected chi connectivity index (χ1v) is 11.6. The fourth-order valence-corrected chi connectivity index (χ4v) is 5.00. The Bertz CT molecular complexity index is 934. The summed E-state index contributed by atoms with van der Waals surface area (Å²) >= 11 is 0. The predicted octanol–water partition coefficient (Wildman–Crippen LogP) is 8.50. The van der Waals surface area contributed by atoms with Gasteiger partial charge in [0.1, 0.15) is 6.17 Å². The summed E-state index contributed by atoms with van der Waals surface area (Å²) in [6, 6.07) is 28.6. The van der Waals surface area contributed by atoms with Crippen LogP contribution in [0.4, 0.5) is 22.7 Å². The van der Waals surface area contributed by atoms with E-state index >= 15 is 0 Å². The zero-order valence-corrected chi connectivity index (χ0v) is 19.3. The smallest absolute Gasteiger partial charge is 0.114 e. The molecule has 0 aromatic heterocycles. The van der Waals surface area contributed by atoms with Crippen LogP contribution in [0.5, 0.6) is 0 Å². The van der Waals surface area contributed by atoms with Crippen LogP contribution in [0.2, 0.25) is 0 Å². The SMILES string of the molecule is CC.CC.CCC1c2ccccc2N2c3ccccc3N(c3ccccc3)C2C1C. The molecule has 3 aromatic rings. The number of hydrogen-bond acceptors (Lipinski definition) is 2. The Morgan fingerprint density at radius 2 is 1.13 bits per heavy atom. The lowest BCUT2D eigenvalue weighted by molar-refractivity contribution is 0.361. The first-order chi connectivity index (χ1) is 14.8. The van der Waals surface area contributed by atoms with Crippen molar-refractivity contribution in [2.45, 2.75) is 60.0 Å². The summed E-state index contributed by atoms with van der Waals surface area (Å²) in [5.74, 6) is 1.11. The molecule has 3 aromatic carbocycles. The Labute approximate surface area is 183 Å². The topological polar surface area (TPSA) is 6.48 Å². The lowest BCUT2D eigenvalue weighted by Gasteiger charge is -2.45. The first-order valence-electron chi connectivity index (χ1n) is 11.6. The summed E-state index contributed by atoms with van der Waals surface area (Å²) < 4.78 is 0. The molecule has 3 atom stereocenters. The molecule has 2 nitrogen and oxygen atoms in total. The third-order valence-corrected chi connectivity index (χ3v) is 6.10. The van der Waals surface area contributed by atoms with Crippen molar-refractivity contribution in [2.75, 3.05) is 9.80 Å². The van der Waals surface area contributed by atoms with Gasteiger partial charge in [-0.2, -0.15) is 0 Å². The molecule has 2 aliphatic rings. The summed E-state index contributed by atoms with van der Waals surface area (Å²) in [7, 11) is 0. The minimum atomic E-state index is 0.314. The molecule has 0 saturated heterocycles. The molecular formula is C28H36N2. The van der Waals surface area contributed by atoms with Gasteiger partial charge in [-0.05, 0) is 48.2 Å². The van der Waals surface area contributed by atoms with Gasteiger partial charge in [0.25, 0.3) is 0 Å². The van der Waals surface area contributed by atoms with Crippen LogP contribution in [-0.2, 0) is 0 Å². The average molecular weight is 401 g/mol. The van der Waals surface area contributed by atoms with E-state index in [1.165, 1.54) is 34.7 Å². The number of hydrogen-bond donors (Lipinski definition) is 0. The van der Waals surface area contributed by atoms with Gasteiger partial charge in [-0.3, -0.25) is 0 Å². The Kier molecular flexibility index (Phi) is 7.20. The van der Waals surface area contributed by atoms with Gasteiger partial charge >= 0.3 is 0 Å². The fourth-order valence-electron chi connectivity index (χ4n) is 5.00. The maximum Gasteiger partial charge on any atom is 0.114 e. The highest BCUT2D eigenvalue weighted by atomic mass is 15.4. The number of rotatable bonds is 2. The molecule has 0 spiro atoms. The van der Waals surface area contributed by atoms with Crippen LogP contribution < -0.4 is 9.80 Å². The monoisotopic (exact) mass is 400 g/mol. The van der Waals surface area contributed by atoms with E-state index in [4.69, 9.17) is 0 Å². The maximum atomic E-state index is 2.56. The first kappa shape index (κ1) is 22.0. The molecule has 0 N–H and O–H groups in total. The second-order valence-electron chi connectivity index (χ2n) is 7.41. The number of nitrogens with zero attached hydrogens (tertiary/aromatic N) is 2. The highest BCUT2D eigenvalue weighted by molar-refractivity contribution is 5.90. The van der Waals surface area contributed by atoms with Gasteiger partial charge < -0.3 is 9.80 Å². The molecule has 0 bridgehead atoms. The molecule has 2 aliphatic heterocycles. The number of fused-ring (bicyclic) bond motifs is 5. The minimum Gasteiger partial charge on any atom is -0.318 e. The largest absolute Gasteiger partial charge is 0.318 e. The summed E-state index contributed by atoms with van der Waals surface area (Å²) in [4.78, 5) is 5.10. The quantitative estimate of drug-likeness (QED) is 0.425. The van der Waals surface area contributed by atoms with Gasteiger partial charge in [-0.1, -0.05) is 90.1 Å². The highest BCUT2D eigenvalue weighted by Gasteiger charge is 2.47. The lowest BCUT2D eigenvalue weighted by atomic mass is 9.78. The maximum absolute atomic E-state index is 2.56. The summed E-state index contributed by atoms with van der Waals surface area (Å²) in [5, 5.41) is 0. The standard InChI is InChI=1S/C24H24N2.2C2H6/c1-3-19-17(2)24-25(18-11-5-4-6-12-18)22-15-9-10-16-23(22)26(24)21-14-8-7-13-20(19)21;2*1-2/h4-17,19,24H,3H2,1-2H3;2*1-2H3. The average Bonchev–Trinajstić information content (AvgIpc) is 3.18. The van der Waals surface area contributed by atoms with Crippen molar-refractivity contribution in [1.82, 2.24) is 0 Å². The van der Waals surface area contributed by atoms with Gasteiger partial charge in [-0.25, -0.2) is 0 Å². The van der Waals surface area contributed by atoms with Crippen LogP contribution >= 0.6 is 0 Å². The van der Waals surface area contributed by atoms with E-state index in [1.54, 1.807) is 0 Å². The highest BCUT2D eigenvalue weighted by Crippen LogP contribution is 2.56. The normalized spacial score (nSPS) is 20.7. The van der Waals surface area contributed by atoms with E-state index in [0.717, 1.165) is 0 Å². The molecule has 3 unspecified atom stereocenters. The van der Waals surface area contributed by atoms with E-state index in [9.17, 15) is 0 Å². The molecule has 2 heteroatoms. The second-order valence-corrected chi connectivity index (χ2v) is 7.41. The van der Waals surface area contributed by atoms with E-state index in [1.807, 2.05) is 27.7 Å². The Morgan fingerprint density at radius 1 is 0.633 bits per heavy atom. The van der Waals surface area contributed by atoms with Crippen LogP contribution in [0.25, 0.3) is 0 Å². The Morgan fingerprint density at radius 3 is 1.73 bits per heavy atom. The van der Waals surface area contributed by atoms with Gasteiger partial charge in [0, 0.05) is 17.3 Å². The van der Waals surface area contributed by atoms with Gasteiger partial charge in [0.05, 0.1) is 11.4 Å². The molecule has 0 saturated carbocycles. The van der Waals surface area contributed by atoms with Crippen molar-refractivity contribution >= 4 is 22.7 Å². The van der Waals surface area contributed by atoms with Crippen molar-refractivity contribution in [3.8, 4) is 0 Å². The van der Waals surface area contributed by atoms with Gasteiger partial charge in [0.2, 0.25) is 0 Å². The summed E-state index contributed by atoms with van der Waals surface area (Å²) in [6.45, 7) is 12.7. The van der Waals surface area contributed by atoms with Crippen molar-refractivity contribution in [1.29, 1.82) is 0 Å². The number of para-hydroxylation sites is 4. The molecular weight excluding hydrogens is 364 g/mol. The zero-order valence-electron chi connectivity index (χ0n) is 19.3. The molecule has 0 aliphatic carbocycles. The minimum absolute atomic E-state index is 0.314. The fraction of sp³-hybridized carbons (Fsp3) is 0.357. The van der Waals surface area contributed by atoms with Crippen molar-refractivity contribution in [3.63, 3.8) is 0 Å². The molecule has 0 fully saturated rings. The Balaban J connectivity index is 0.000000606. The molecule has 0 amide bonds.